The number of rotatable bonds is 2. The highest BCUT2D eigenvalue weighted by Crippen LogP contribution is 2.33. The van der Waals surface area contributed by atoms with Crippen molar-refractivity contribution < 1.29 is 0 Å². The zero-order valence-corrected chi connectivity index (χ0v) is 6.12. The highest BCUT2D eigenvalue weighted by atomic mass is 15.3. The lowest BCUT2D eigenvalue weighted by Gasteiger charge is -1.93. The predicted molar refractivity (Wildman–Crippen MR) is 41.5 cm³/mol. The van der Waals surface area contributed by atoms with Crippen LogP contribution in [0.3, 0.4) is 0 Å². The summed E-state index contributed by atoms with van der Waals surface area (Å²) in [6.45, 7) is 0. The van der Waals surface area contributed by atoms with E-state index in [2.05, 4.69) is 5.10 Å². The zero-order chi connectivity index (χ0) is 7.84. The highest BCUT2D eigenvalue weighted by Gasteiger charge is 2.24. The Hall–Kier alpha value is -1.32. The Morgan fingerprint density at radius 3 is 2.91 bits per heavy atom. The van der Waals surface area contributed by atoms with Crippen molar-refractivity contribution in [3.05, 3.63) is 18.0 Å². The van der Waals surface area contributed by atoms with Gasteiger partial charge in [0.1, 0.15) is 11.5 Å². The van der Waals surface area contributed by atoms with E-state index in [4.69, 9.17) is 11.1 Å². The summed E-state index contributed by atoms with van der Waals surface area (Å²) in [6, 6.07) is 2.35. The quantitative estimate of drug-likeness (QED) is 0.476. The van der Waals surface area contributed by atoms with E-state index in [1.165, 1.54) is 12.8 Å². The molecule has 0 amide bonds. The van der Waals surface area contributed by atoms with Gasteiger partial charge in [-0.2, -0.15) is 5.10 Å². The van der Waals surface area contributed by atoms with E-state index in [1.807, 2.05) is 10.9 Å². The highest BCUT2D eigenvalue weighted by molar-refractivity contribution is 5.92. The monoisotopic (exact) mass is 150 g/mol. The van der Waals surface area contributed by atoms with Crippen LogP contribution in [-0.2, 0) is 0 Å². The van der Waals surface area contributed by atoms with Gasteiger partial charge in [-0.1, -0.05) is 0 Å². The largest absolute Gasteiger partial charge is 0.382 e. The molecule has 58 valence electrons. The van der Waals surface area contributed by atoms with Crippen LogP contribution in [0.4, 0.5) is 0 Å². The van der Waals surface area contributed by atoms with Crippen molar-refractivity contribution in [2.45, 2.75) is 18.9 Å². The van der Waals surface area contributed by atoms with E-state index in [-0.39, 0.29) is 5.84 Å². The maximum absolute atomic E-state index is 7.11. The molecule has 0 bridgehead atoms. The Labute approximate surface area is 64.5 Å². The smallest absolute Gasteiger partial charge is 0.143 e. The molecular weight excluding hydrogens is 140 g/mol. The lowest BCUT2D eigenvalue weighted by molar-refractivity contribution is 0.639. The summed E-state index contributed by atoms with van der Waals surface area (Å²) in [4.78, 5) is 0. The minimum absolute atomic E-state index is 0.0457. The average molecular weight is 150 g/mol. The van der Waals surface area contributed by atoms with Crippen LogP contribution >= 0.6 is 0 Å². The Kier molecular flexibility index (Phi) is 1.21. The summed E-state index contributed by atoms with van der Waals surface area (Å²) in [5, 5.41) is 11.3. The molecule has 0 spiro atoms. The molecular formula is C7H10N4. The summed E-state index contributed by atoms with van der Waals surface area (Å²) in [5.74, 6) is 0.0457. The van der Waals surface area contributed by atoms with Crippen LogP contribution in [0.15, 0.2) is 12.3 Å². The number of aromatic nitrogens is 2. The van der Waals surface area contributed by atoms with Gasteiger partial charge in [0.15, 0.2) is 0 Å². The summed E-state index contributed by atoms with van der Waals surface area (Å²) < 4.78 is 1.89. The van der Waals surface area contributed by atoms with E-state index < -0.39 is 0 Å². The molecule has 0 unspecified atom stereocenters. The van der Waals surface area contributed by atoms with Crippen molar-refractivity contribution in [2.24, 2.45) is 5.73 Å². The van der Waals surface area contributed by atoms with Crippen LogP contribution in [0.2, 0.25) is 0 Å². The number of hydrogen-bond donors (Lipinski definition) is 2. The van der Waals surface area contributed by atoms with Crippen molar-refractivity contribution in [3.63, 3.8) is 0 Å². The third-order valence-electron chi connectivity index (χ3n) is 1.81. The van der Waals surface area contributed by atoms with Gasteiger partial charge >= 0.3 is 0 Å². The molecule has 1 aliphatic carbocycles. The van der Waals surface area contributed by atoms with Gasteiger partial charge < -0.3 is 5.73 Å². The zero-order valence-electron chi connectivity index (χ0n) is 6.12. The fourth-order valence-electron chi connectivity index (χ4n) is 1.02. The molecule has 2 rings (SSSR count). The van der Waals surface area contributed by atoms with E-state index in [1.54, 1.807) is 6.07 Å². The number of nitrogens with zero attached hydrogens (tertiary/aromatic N) is 2. The molecule has 1 fully saturated rings. The Morgan fingerprint density at radius 1 is 1.73 bits per heavy atom. The van der Waals surface area contributed by atoms with Gasteiger partial charge in [-0.15, -0.1) is 0 Å². The molecule has 1 saturated carbocycles. The Bertz CT molecular complexity index is 284. The molecule has 0 aliphatic heterocycles. The van der Waals surface area contributed by atoms with Crippen LogP contribution in [0, 0.1) is 5.41 Å². The molecule has 1 heterocycles. The summed E-state index contributed by atoms with van der Waals surface area (Å²) in [5.41, 5.74) is 5.84. The fourth-order valence-corrected chi connectivity index (χ4v) is 1.02. The second kappa shape index (κ2) is 2.08. The number of amidine groups is 1. The number of nitrogens with one attached hydrogen (secondary N) is 1. The van der Waals surface area contributed by atoms with E-state index in [9.17, 15) is 0 Å². The van der Waals surface area contributed by atoms with Gasteiger partial charge in [-0.05, 0) is 18.9 Å². The normalized spacial score (nSPS) is 16.7. The van der Waals surface area contributed by atoms with Crippen LogP contribution in [0.25, 0.3) is 0 Å². The molecule has 0 aromatic carbocycles. The second-order valence-electron chi connectivity index (χ2n) is 2.83. The lowest BCUT2D eigenvalue weighted by atomic mass is 10.4. The van der Waals surface area contributed by atoms with Crippen molar-refractivity contribution in [2.75, 3.05) is 0 Å². The maximum Gasteiger partial charge on any atom is 0.143 e. The minimum atomic E-state index is 0.0457. The van der Waals surface area contributed by atoms with Crippen molar-refractivity contribution in [1.29, 1.82) is 5.41 Å². The molecule has 4 heteroatoms. The van der Waals surface area contributed by atoms with E-state index in [0.29, 0.717) is 11.7 Å². The van der Waals surface area contributed by atoms with Crippen LogP contribution in [0.1, 0.15) is 24.6 Å². The van der Waals surface area contributed by atoms with Gasteiger partial charge in [-0.3, -0.25) is 10.1 Å². The molecule has 0 radical (unpaired) electrons. The van der Waals surface area contributed by atoms with Crippen molar-refractivity contribution in [1.82, 2.24) is 9.78 Å². The van der Waals surface area contributed by atoms with Gasteiger partial charge in [0.05, 0.1) is 6.04 Å². The van der Waals surface area contributed by atoms with Crippen LogP contribution in [0.5, 0.6) is 0 Å². The van der Waals surface area contributed by atoms with Gasteiger partial charge in [0, 0.05) is 6.20 Å². The first-order valence-corrected chi connectivity index (χ1v) is 3.67. The molecule has 11 heavy (non-hydrogen) atoms. The Morgan fingerprint density at radius 2 is 2.45 bits per heavy atom. The van der Waals surface area contributed by atoms with Crippen molar-refractivity contribution in [3.8, 4) is 0 Å². The maximum atomic E-state index is 7.11. The third kappa shape index (κ3) is 1.11. The number of hydrogen-bond acceptors (Lipinski definition) is 2. The summed E-state index contributed by atoms with van der Waals surface area (Å²) >= 11 is 0. The standard InChI is InChI=1S/C7H10N4/c8-7(9)6-3-4-11(10-6)5-1-2-5/h3-5H,1-2H2,(H3,8,9). The predicted octanol–water partition coefficient (Wildman–Crippen LogP) is 0.502. The van der Waals surface area contributed by atoms with Gasteiger partial charge in [0.2, 0.25) is 0 Å². The number of nitrogens with two attached hydrogens (primary N) is 1. The SMILES string of the molecule is N=C(N)c1ccn(C2CC2)n1. The fraction of sp³-hybridized carbons (Fsp3) is 0.429. The molecule has 1 aromatic heterocycles. The minimum Gasteiger partial charge on any atom is -0.382 e. The average Bonchev–Trinajstić information content (AvgIpc) is 2.68. The van der Waals surface area contributed by atoms with E-state index in [0.717, 1.165) is 0 Å². The molecule has 3 N–H and O–H groups in total. The number of nitrogen functional groups attached to an aromatic ring is 1. The van der Waals surface area contributed by atoms with E-state index >= 15 is 0 Å². The Balaban J connectivity index is 2.25. The topological polar surface area (TPSA) is 67.7 Å². The first-order chi connectivity index (χ1) is 5.27. The molecule has 1 aliphatic rings. The molecule has 0 atom stereocenters. The van der Waals surface area contributed by atoms with Gasteiger partial charge in [-0.25, -0.2) is 0 Å². The second-order valence-corrected chi connectivity index (χ2v) is 2.83. The lowest BCUT2D eigenvalue weighted by Crippen LogP contribution is -2.12. The first-order valence-electron chi connectivity index (χ1n) is 3.67. The summed E-state index contributed by atoms with van der Waals surface area (Å²) in [7, 11) is 0. The molecule has 1 aromatic rings. The van der Waals surface area contributed by atoms with Crippen molar-refractivity contribution >= 4 is 5.84 Å². The third-order valence-corrected chi connectivity index (χ3v) is 1.81. The van der Waals surface area contributed by atoms with Gasteiger partial charge in [0.25, 0.3) is 0 Å². The van der Waals surface area contributed by atoms with Crippen LogP contribution in [-0.4, -0.2) is 15.6 Å². The first kappa shape index (κ1) is 6.39. The molecule has 0 saturated heterocycles. The van der Waals surface area contributed by atoms with Crippen LogP contribution < -0.4 is 5.73 Å². The molecule has 4 nitrogen and oxygen atoms in total. The summed E-state index contributed by atoms with van der Waals surface area (Å²) in [6.07, 6.45) is 4.30.